The zero-order valence-corrected chi connectivity index (χ0v) is 59.2. The van der Waals surface area contributed by atoms with E-state index in [2.05, 4.69) is 15.0 Å². The molecule has 0 spiro atoms. The molecule has 0 saturated carbocycles. The molecule has 0 radical (unpaired) electrons. The van der Waals surface area contributed by atoms with Gasteiger partial charge in [-0.25, -0.2) is 0 Å². The first-order valence-electron chi connectivity index (χ1n) is 29.9. The molecule has 38 heteroatoms. The number of nitrogens with one attached hydrogen (secondary N) is 1. The number of aliphatic hydroxyl groups excluding tert-OH is 1. The first-order chi connectivity index (χ1) is 44.5. The molecule has 3 rings (SSSR count). The zero-order valence-electron chi connectivity index (χ0n) is 56.2. The zero-order chi connectivity index (χ0) is 75.8. The van der Waals surface area contributed by atoms with Crippen LogP contribution in [0.5, 0.6) is 0 Å². The second-order valence-electron chi connectivity index (χ2n) is 21.3. The molecule has 1 heterocycles. The number of aromatic amines is 1. The van der Waals surface area contributed by atoms with E-state index in [0.29, 0.717) is 83.3 Å². The summed E-state index contributed by atoms with van der Waals surface area (Å²) < 4.78 is 0. The standard InChI is InChI=1S/C11H12N2O2.C9H11NO2.2C6H14N4O2.C6H14N2O2.2C6H13NO2.C5H11NO2S.C4H9NO3.Ca/c12-9(11(14)15)5-7-6-13-10-4-2-1-3-8(7)10;10-8(9(11)12)6-7-4-2-1-3-5-7;2*7-4(5(11)12)2-1-3-10-6(8)9;7-4-2-1-3-5(8)6(9)10;1-4(2)3-5(7)6(8)9;1-3-4(2)5(7)6(8)9;1-9-3-2-4(6)5(7)8;1-2(6)3(5)4(7)8;/h1-4,6,9,13H,5,12H2,(H,14,15);1-5,8H,6,10H2,(H,11,12);2*4H,1-3,7H2,(H,11,12)(H4,8,9,10);5H,1-4,7-8H2,(H,9,10);2*4-5H,3,7H2,1-2H3,(H,8,9);4H,2-3,6H2,1H3,(H,7,8);2-3,6H,5H2,1H3,(H,7,8);/q;;;;;;;;;+2/p-2/t9-;8-;;;2*5-;4-,5-;4-;2-,3+;/m00..00001./s1. The van der Waals surface area contributed by atoms with E-state index in [0.717, 1.165) is 47.0 Å². The quantitative estimate of drug-likeness (QED) is 0.0117. The van der Waals surface area contributed by atoms with Crippen molar-refractivity contribution in [1.82, 2.24) is 4.98 Å². The number of fused-ring (bicyclic) bond motifs is 1. The molecule has 0 bridgehead atoms. The van der Waals surface area contributed by atoms with Crippen LogP contribution < -0.4 is 90.5 Å². The summed E-state index contributed by atoms with van der Waals surface area (Å²) in [6.45, 7) is 10.4. The monoisotopic (exact) mass is 1430 g/mol. The normalized spacial score (nSPS) is 13.3. The number of unbranched alkanes of at least 4 members (excludes halogenated alkanes) is 1. The summed E-state index contributed by atoms with van der Waals surface area (Å²) in [5, 5.41) is 88.3. The summed E-state index contributed by atoms with van der Waals surface area (Å²) in [6.07, 6.45) is 9.28. The summed E-state index contributed by atoms with van der Waals surface area (Å²) in [7, 11) is 0. The van der Waals surface area contributed by atoms with Crippen LogP contribution in [-0.2, 0) is 56.0 Å². The molecule has 0 aliphatic heterocycles. The molecule has 11 atom stereocenters. The van der Waals surface area contributed by atoms with E-state index in [-0.39, 0.29) is 55.6 Å². The Balaban J connectivity index is -0.000000189. The van der Waals surface area contributed by atoms with Crippen LogP contribution in [0.15, 0.2) is 70.8 Å². The molecule has 2 unspecified atom stereocenters. The van der Waals surface area contributed by atoms with Gasteiger partial charge in [-0.15, -0.1) is 0 Å². The number of carboxylic acid groups (broad SMARTS) is 9. The maximum Gasteiger partial charge on any atom is 2.00 e. The Morgan fingerprint density at radius 2 is 0.907 bits per heavy atom. The second-order valence-corrected chi connectivity index (χ2v) is 22.3. The minimum Gasteiger partial charge on any atom is -0.548 e. The predicted molar refractivity (Wildman–Crippen MR) is 369 cm³/mol. The maximum atomic E-state index is 10.6. The molecule has 3 aromatic rings. The van der Waals surface area contributed by atoms with Crippen molar-refractivity contribution in [3.05, 3.63) is 71.9 Å². The number of aliphatic carboxylic acids is 9. The van der Waals surface area contributed by atoms with Crippen LogP contribution in [0.4, 0.5) is 0 Å². The van der Waals surface area contributed by atoms with Gasteiger partial charge in [0.15, 0.2) is 11.9 Å². The third-order valence-corrected chi connectivity index (χ3v) is 12.9. The number of aliphatic hydroxyl groups is 1. The number of carbonyl (C=O) groups is 9. The summed E-state index contributed by atoms with van der Waals surface area (Å²) >= 11 is 1.60. The Bertz CT molecular complexity index is 2640. The summed E-state index contributed by atoms with van der Waals surface area (Å²) in [5.41, 5.74) is 75.2. The van der Waals surface area contributed by atoms with E-state index >= 15 is 0 Å². The second kappa shape index (κ2) is 63.6. The Morgan fingerprint density at radius 1 is 0.515 bits per heavy atom. The van der Waals surface area contributed by atoms with E-state index in [4.69, 9.17) is 121 Å². The van der Waals surface area contributed by atoms with Crippen LogP contribution in [0.1, 0.15) is 110 Å². The molecule has 0 fully saturated rings. The Hall–Kier alpha value is -7.08. The van der Waals surface area contributed by atoms with Gasteiger partial charge in [-0.2, -0.15) is 11.8 Å². The fourth-order valence-electron chi connectivity index (χ4n) is 6.17. The molecule has 0 saturated heterocycles. The molecule has 2 aromatic carbocycles. The molecule has 552 valence electrons. The SMILES string of the molecule is CC(C)C[C@H](N)C(=O)O.CC[C@H](C)[C@H](N)C(=O)O.CSCC[C@H](N)C(=O)O.C[C@@H](O)[C@H](N)C(=O)O.NC(N)=NCCCC(N)C(=O)[O-].NC(N)=NCCCC(N)C(=O)[O-].NCCCC[C@H](N)C(=O)O.N[C@@H](Cc1c[nH]c2ccccc12)C(=O)O.N[C@@H](Cc1ccccc1)C(=O)O.[Ca+2]. The first-order valence-corrected chi connectivity index (χ1v) is 31.3. The number of aromatic nitrogens is 1. The largest absolute Gasteiger partial charge is 2.00 e. The topological polar surface area (TPSA) is 766 Å². The van der Waals surface area contributed by atoms with E-state index in [1.165, 1.54) is 6.92 Å². The fourth-order valence-corrected chi connectivity index (χ4v) is 6.66. The number of rotatable bonds is 33. The van der Waals surface area contributed by atoms with Gasteiger partial charge in [0.25, 0.3) is 0 Å². The van der Waals surface area contributed by atoms with E-state index in [1.54, 1.807) is 11.8 Å². The fraction of sp³-hybridized carbons (Fsp3) is 0.576. The first kappa shape index (κ1) is 103. The number of hydrogen-bond acceptors (Lipinski definition) is 25. The number of thioether (sulfide) groups is 1. The van der Waals surface area contributed by atoms with E-state index < -0.39 is 114 Å². The molecule has 0 aliphatic carbocycles. The van der Waals surface area contributed by atoms with Crippen molar-refractivity contribution in [3.63, 3.8) is 0 Å². The number of para-hydroxylation sites is 1. The molecule has 36 nitrogen and oxygen atoms in total. The predicted octanol–water partition coefficient (Wildman–Crippen LogP) is -5.04. The minimum atomic E-state index is -1.25. The van der Waals surface area contributed by atoms with Gasteiger partial charge < -0.3 is 146 Å². The number of guanidine groups is 2. The van der Waals surface area contributed by atoms with Crippen molar-refractivity contribution in [2.45, 2.75) is 172 Å². The molecular formula is C59H109CaN17O19S. The molecule has 97 heavy (non-hydrogen) atoms. The van der Waals surface area contributed by atoms with Gasteiger partial charge in [0.05, 0.1) is 18.0 Å². The Kier molecular flexibility index (Phi) is 67.8. The van der Waals surface area contributed by atoms with Crippen molar-refractivity contribution in [2.75, 3.05) is 31.6 Å². The number of carbonyl (C=O) groups excluding carboxylic acids is 2. The van der Waals surface area contributed by atoms with Gasteiger partial charge in [-0.1, -0.05) is 89.1 Å². The molecule has 37 N–H and O–H groups in total. The van der Waals surface area contributed by atoms with Crippen LogP contribution in [-0.4, -0.2) is 241 Å². The summed E-state index contributed by atoms with van der Waals surface area (Å²) in [6, 6.07) is 9.65. The number of aliphatic imine (C=N–C) groups is 2. The molecular weight excluding hydrogens is 1320 g/mol. The third kappa shape index (κ3) is 64.7. The van der Waals surface area contributed by atoms with Crippen LogP contribution >= 0.6 is 11.8 Å². The molecule has 1 aromatic heterocycles. The number of H-pyrrole nitrogens is 1. The van der Waals surface area contributed by atoms with E-state index in [9.17, 15) is 53.4 Å². The van der Waals surface area contributed by atoms with Crippen LogP contribution in [0.25, 0.3) is 10.9 Å². The number of hydrogen-bond donors (Lipinski definition) is 23. The Labute approximate surface area is 599 Å². The number of nitrogens with two attached hydrogens (primary N) is 14. The van der Waals surface area contributed by atoms with Gasteiger partial charge in [0.2, 0.25) is 0 Å². The molecule has 0 aliphatic rings. The average Bonchev–Trinajstić information content (AvgIpc) is 1.70. The van der Waals surface area contributed by atoms with Crippen LogP contribution in [0.2, 0.25) is 0 Å². The maximum absolute atomic E-state index is 10.6. The third-order valence-electron chi connectivity index (χ3n) is 12.2. The molecule has 0 amide bonds. The Morgan fingerprint density at radius 3 is 1.23 bits per heavy atom. The van der Waals surface area contributed by atoms with Gasteiger partial charge in [0, 0.05) is 48.7 Å². The summed E-state index contributed by atoms with van der Waals surface area (Å²) in [4.78, 5) is 102. The van der Waals surface area contributed by atoms with Crippen LogP contribution in [0, 0.1) is 11.8 Å². The van der Waals surface area contributed by atoms with Crippen molar-refractivity contribution >= 4 is 126 Å². The van der Waals surface area contributed by atoms with Crippen molar-refractivity contribution in [2.24, 2.45) is 102 Å². The van der Waals surface area contributed by atoms with Crippen molar-refractivity contribution in [1.29, 1.82) is 0 Å². The number of carboxylic acids is 9. The smallest absolute Gasteiger partial charge is 0.548 e. The van der Waals surface area contributed by atoms with Gasteiger partial charge in [-0.3, -0.25) is 43.5 Å². The van der Waals surface area contributed by atoms with Gasteiger partial charge in [0.1, 0.15) is 42.3 Å². The van der Waals surface area contributed by atoms with Crippen molar-refractivity contribution < 1.29 is 94.2 Å². The van der Waals surface area contributed by atoms with Gasteiger partial charge >= 0.3 is 79.5 Å². The van der Waals surface area contributed by atoms with E-state index in [1.807, 2.05) is 94.7 Å². The van der Waals surface area contributed by atoms with Crippen LogP contribution in [0.3, 0.4) is 0 Å². The van der Waals surface area contributed by atoms with Gasteiger partial charge in [-0.05, 0) is 112 Å². The van der Waals surface area contributed by atoms with Crippen molar-refractivity contribution in [3.8, 4) is 0 Å². The average molecular weight is 1430 g/mol. The number of benzene rings is 2. The number of nitrogens with zero attached hydrogens (tertiary/aromatic N) is 2. The minimum absolute atomic E-state index is 0. The summed E-state index contributed by atoms with van der Waals surface area (Å²) in [5.74, 6) is -8.05.